The molecule has 0 saturated carbocycles. The number of hydrogen-bond donors (Lipinski definition) is 2. The van der Waals surface area contributed by atoms with Crippen molar-refractivity contribution in [3.63, 3.8) is 0 Å². The Morgan fingerprint density at radius 3 is 2.48 bits per heavy atom. The van der Waals surface area contributed by atoms with Crippen LogP contribution in [0.5, 0.6) is 0 Å². The lowest BCUT2D eigenvalue weighted by Crippen LogP contribution is -2.01. The van der Waals surface area contributed by atoms with Crippen LogP contribution in [0.3, 0.4) is 0 Å². The number of rotatable bonds is 6. The predicted octanol–water partition coefficient (Wildman–Crippen LogP) is 4.29. The number of nitrogens with zero attached hydrogens (tertiary/aromatic N) is 2. The fraction of sp³-hybridized carbons (Fsp3) is 0.238. The molecule has 0 saturated heterocycles. The van der Waals surface area contributed by atoms with Crippen molar-refractivity contribution in [3.05, 3.63) is 71.5 Å². The van der Waals surface area contributed by atoms with E-state index in [1.165, 1.54) is 5.56 Å². The molecule has 3 aromatic rings. The van der Waals surface area contributed by atoms with Crippen molar-refractivity contribution in [2.45, 2.75) is 26.7 Å². The smallest absolute Gasteiger partial charge is 0.134 e. The number of aliphatic hydroxyl groups is 1. The summed E-state index contributed by atoms with van der Waals surface area (Å²) in [7, 11) is 0. The first-order valence-corrected chi connectivity index (χ1v) is 8.59. The van der Waals surface area contributed by atoms with Gasteiger partial charge in [0.25, 0.3) is 0 Å². The van der Waals surface area contributed by atoms with Gasteiger partial charge in [0.15, 0.2) is 0 Å². The minimum atomic E-state index is 0.165. The van der Waals surface area contributed by atoms with Gasteiger partial charge in [-0.15, -0.1) is 0 Å². The maximum Gasteiger partial charge on any atom is 0.134 e. The Hall–Kier alpha value is -2.72. The van der Waals surface area contributed by atoms with Gasteiger partial charge in [0.05, 0.1) is 5.69 Å². The van der Waals surface area contributed by atoms with Gasteiger partial charge in [-0.3, -0.25) is 0 Å². The minimum absolute atomic E-state index is 0.165. The molecular weight excluding hydrogens is 310 g/mol. The van der Waals surface area contributed by atoms with Gasteiger partial charge >= 0.3 is 0 Å². The van der Waals surface area contributed by atoms with Crippen LogP contribution < -0.4 is 5.32 Å². The quantitative estimate of drug-likeness (QED) is 0.706. The number of anilines is 2. The second-order valence-corrected chi connectivity index (χ2v) is 6.07. The van der Waals surface area contributed by atoms with Crippen LogP contribution in [0.1, 0.15) is 23.9 Å². The molecule has 1 heterocycles. The van der Waals surface area contributed by atoms with Gasteiger partial charge in [-0.2, -0.15) is 0 Å². The lowest BCUT2D eigenvalue weighted by atomic mass is 10.1. The number of aryl methyl sites for hydroxylation is 2. The van der Waals surface area contributed by atoms with E-state index in [0.717, 1.165) is 40.6 Å². The molecule has 4 heteroatoms. The topological polar surface area (TPSA) is 58.0 Å². The average Bonchev–Trinajstić information content (AvgIpc) is 2.63. The van der Waals surface area contributed by atoms with Crippen LogP contribution in [0.4, 0.5) is 11.5 Å². The van der Waals surface area contributed by atoms with E-state index < -0.39 is 0 Å². The highest BCUT2D eigenvalue weighted by Crippen LogP contribution is 2.23. The summed E-state index contributed by atoms with van der Waals surface area (Å²) in [6, 6.07) is 18.4. The first-order chi connectivity index (χ1) is 12.2. The molecule has 0 amide bonds. The molecule has 128 valence electrons. The van der Waals surface area contributed by atoms with Gasteiger partial charge in [-0.05, 0) is 37.1 Å². The Labute approximate surface area is 148 Å². The maximum absolute atomic E-state index is 9.01. The zero-order valence-electron chi connectivity index (χ0n) is 14.7. The van der Waals surface area contributed by atoms with Crippen molar-refractivity contribution < 1.29 is 5.11 Å². The van der Waals surface area contributed by atoms with E-state index in [9.17, 15) is 0 Å². The molecule has 2 N–H and O–H groups in total. The van der Waals surface area contributed by atoms with E-state index in [0.29, 0.717) is 6.42 Å². The van der Waals surface area contributed by atoms with E-state index in [-0.39, 0.29) is 6.61 Å². The lowest BCUT2D eigenvalue weighted by molar-refractivity contribution is 0.299. The fourth-order valence-electron chi connectivity index (χ4n) is 2.70. The molecule has 3 rings (SSSR count). The van der Waals surface area contributed by atoms with E-state index in [1.54, 1.807) is 0 Å². The minimum Gasteiger partial charge on any atom is -0.396 e. The molecule has 0 unspecified atom stereocenters. The highest BCUT2D eigenvalue weighted by Gasteiger charge is 2.07. The molecule has 2 aromatic carbocycles. The Bertz CT molecular complexity index is 844. The van der Waals surface area contributed by atoms with Crippen LogP contribution in [0.2, 0.25) is 0 Å². The van der Waals surface area contributed by atoms with Crippen LogP contribution in [-0.4, -0.2) is 21.7 Å². The van der Waals surface area contributed by atoms with Crippen molar-refractivity contribution >= 4 is 11.5 Å². The van der Waals surface area contributed by atoms with Crippen molar-refractivity contribution in [2.24, 2.45) is 0 Å². The number of aliphatic hydroxyl groups excluding tert-OH is 1. The molecule has 0 aliphatic rings. The van der Waals surface area contributed by atoms with Crippen molar-refractivity contribution in [2.75, 3.05) is 11.9 Å². The summed E-state index contributed by atoms with van der Waals surface area (Å²) < 4.78 is 0. The Morgan fingerprint density at radius 2 is 1.80 bits per heavy atom. The molecule has 0 radical (unpaired) electrons. The third-order valence-electron chi connectivity index (χ3n) is 4.03. The second-order valence-electron chi connectivity index (χ2n) is 6.07. The number of benzene rings is 2. The highest BCUT2D eigenvalue weighted by molar-refractivity contribution is 5.66. The van der Waals surface area contributed by atoms with Gasteiger partial charge in [-0.25, -0.2) is 9.97 Å². The van der Waals surface area contributed by atoms with Gasteiger partial charge in [0.2, 0.25) is 0 Å². The largest absolute Gasteiger partial charge is 0.396 e. The zero-order valence-corrected chi connectivity index (χ0v) is 14.7. The van der Waals surface area contributed by atoms with E-state index in [1.807, 2.05) is 36.4 Å². The standard InChI is InChI=1S/C21H23N3O/c1-3-20-23-19(17-6-4-5-15(2)13-17)14-21(24-20)22-18-9-7-16(8-10-18)11-12-25/h4-10,13-14,25H,3,11-12H2,1-2H3,(H,22,23,24). The van der Waals surface area contributed by atoms with Crippen LogP contribution in [0, 0.1) is 6.92 Å². The summed E-state index contributed by atoms with van der Waals surface area (Å²) in [4.78, 5) is 9.26. The van der Waals surface area contributed by atoms with E-state index >= 15 is 0 Å². The van der Waals surface area contributed by atoms with E-state index in [4.69, 9.17) is 5.11 Å². The number of nitrogens with one attached hydrogen (secondary N) is 1. The highest BCUT2D eigenvalue weighted by atomic mass is 16.2. The van der Waals surface area contributed by atoms with Crippen LogP contribution in [-0.2, 0) is 12.8 Å². The first kappa shape index (κ1) is 17.1. The van der Waals surface area contributed by atoms with Gasteiger partial charge < -0.3 is 10.4 Å². The molecule has 0 spiro atoms. The summed E-state index contributed by atoms with van der Waals surface area (Å²) >= 11 is 0. The van der Waals surface area contributed by atoms with Crippen LogP contribution in [0.15, 0.2) is 54.6 Å². The first-order valence-electron chi connectivity index (χ1n) is 8.59. The molecular formula is C21H23N3O. The SMILES string of the molecule is CCc1nc(Nc2ccc(CCO)cc2)cc(-c2cccc(C)c2)n1. The Balaban J connectivity index is 1.89. The Morgan fingerprint density at radius 1 is 1.00 bits per heavy atom. The van der Waals surface area contributed by atoms with Crippen molar-refractivity contribution in [1.29, 1.82) is 0 Å². The fourth-order valence-corrected chi connectivity index (χ4v) is 2.70. The van der Waals surface area contributed by atoms with Crippen LogP contribution in [0.25, 0.3) is 11.3 Å². The molecule has 0 atom stereocenters. The number of hydrogen-bond acceptors (Lipinski definition) is 4. The summed E-state index contributed by atoms with van der Waals surface area (Å²) in [5, 5.41) is 12.4. The zero-order chi connectivity index (χ0) is 17.6. The normalized spacial score (nSPS) is 10.7. The summed E-state index contributed by atoms with van der Waals surface area (Å²) in [6.07, 6.45) is 1.45. The molecule has 25 heavy (non-hydrogen) atoms. The molecule has 0 fully saturated rings. The molecule has 0 aliphatic carbocycles. The Kier molecular flexibility index (Phi) is 5.41. The number of aromatic nitrogens is 2. The third kappa shape index (κ3) is 4.43. The van der Waals surface area contributed by atoms with E-state index in [2.05, 4.69) is 47.3 Å². The lowest BCUT2D eigenvalue weighted by Gasteiger charge is -2.10. The predicted molar refractivity (Wildman–Crippen MR) is 102 cm³/mol. The third-order valence-corrected chi connectivity index (χ3v) is 4.03. The van der Waals surface area contributed by atoms with Gasteiger partial charge in [0.1, 0.15) is 11.6 Å². The van der Waals surface area contributed by atoms with Gasteiger partial charge in [0, 0.05) is 30.3 Å². The van der Waals surface area contributed by atoms with Crippen molar-refractivity contribution in [1.82, 2.24) is 9.97 Å². The summed E-state index contributed by atoms with van der Waals surface area (Å²) in [5.41, 5.74) is 5.32. The van der Waals surface area contributed by atoms with Crippen LogP contribution >= 0.6 is 0 Å². The molecule has 4 nitrogen and oxygen atoms in total. The van der Waals surface area contributed by atoms with Crippen molar-refractivity contribution in [3.8, 4) is 11.3 Å². The van der Waals surface area contributed by atoms with Gasteiger partial charge in [-0.1, -0.05) is 42.8 Å². The molecule has 0 bridgehead atoms. The second kappa shape index (κ2) is 7.90. The molecule has 0 aliphatic heterocycles. The summed E-state index contributed by atoms with van der Waals surface area (Å²) in [6.45, 7) is 4.31. The molecule has 1 aromatic heterocycles. The monoisotopic (exact) mass is 333 g/mol. The maximum atomic E-state index is 9.01. The average molecular weight is 333 g/mol. The summed E-state index contributed by atoms with van der Waals surface area (Å²) in [5.74, 6) is 1.61.